The molecule has 0 aliphatic heterocycles. The highest BCUT2D eigenvalue weighted by Crippen LogP contribution is 2.31. The van der Waals surface area contributed by atoms with Crippen LogP contribution < -0.4 is 16.2 Å². The average Bonchev–Trinajstić information content (AvgIpc) is 2.96. The summed E-state index contributed by atoms with van der Waals surface area (Å²) in [5.74, 6) is -1.95. The van der Waals surface area contributed by atoms with Gasteiger partial charge in [0.1, 0.15) is 12.4 Å². The van der Waals surface area contributed by atoms with Crippen LogP contribution in [-0.2, 0) is 16.1 Å². The monoisotopic (exact) mass is 442 g/mol. The lowest BCUT2D eigenvalue weighted by Gasteiger charge is -2.23. The summed E-state index contributed by atoms with van der Waals surface area (Å²) in [6.07, 6.45) is -4.86. The van der Waals surface area contributed by atoms with Crippen molar-refractivity contribution in [1.82, 2.24) is 4.57 Å². The number of carbonyl (C=O) groups excluding carboxylic acids is 1. The Kier molecular flexibility index (Phi) is 7.16. The molecule has 0 amide bonds. The number of fused-ring (bicyclic) bond motifs is 1. The van der Waals surface area contributed by atoms with Gasteiger partial charge in [-0.15, -0.1) is 0 Å². The molecule has 0 unspecified atom stereocenters. The lowest BCUT2D eigenvalue weighted by atomic mass is 10.1. The number of benzene rings is 1. The summed E-state index contributed by atoms with van der Waals surface area (Å²) >= 11 is 5.91. The Labute approximate surface area is 166 Å². The largest absolute Gasteiger partial charge is 0.482 e. The van der Waals surface area contributed by atoms with Gasteiger partial charge in [-0.05, 0) is 6.07 Å². The molecule has 1 aromatic heterocycles. The zero-order valence-electron chi connectivity index (χ0n) is 14.9. The SMILES string of the molecule is NC(CO)(CO)COC(=O)CCn1c(=O)oc2cc(OCC(F)(F)F)c(Cl)cc21. The van der Waals surface area contributed by atoms with Gasteiger partial charge in [0.05, 0.1) is 35.7 Å². The molecule has 2 rings (SSSR count). The Morgan fingerprint density at radius 1 is 1.24 bits per heavy atom. The van der Waals surface area contributed by atoms with Gasteiger partial charge in [0.25, 0.3) is 0 Å². The van der Waals surface area contributed by atoms with Crippen molar-refractivity contribution >= 4 is 28.7 Å². The number of nitrogens with zero attached hydrogens (tertiary/aromatic N) is 1. The van der Waals surface area contributed by atoms with Crippen molar-refractivity contribution in [3.63, 3.8) is 0 Å². The molecule has 0 atom stereocenters. The fourth-order valence-electron chi connectivity index (χ4n) is 2.19. The van der Waals surface area contributed by atoms with Crippen LogP contribution in [0, 0.1) is 0 Å². The molecule has 162 valence electrons. The molecule has 4 N–H and O–H groups in total. The maximum Gasteiger partial charge on any atom is 0.422 e. The van der Waals surface area contributed by atoms with Crippen LogP contribution in [0.1, 0.15) is 6.42 Å². The summed E-state index contributed by atoms with van der Waals surface area (Å²) in [5.41, 5.74) is 4.15. The molecule has 0 aliphatic carbocycles. The Morgan fingerprint density at radius 2 is 1.90 bits per heavy atom. The number of aliphatic hydroxyl groups excluding tert-OH is 2. The summed E-state index contributed by atoms with van der Waals surface area (Å²) in [4.78, 5) is 23.8. The van der Waals surface area contributed by atoms with Gasteiger partial charge in [0.2, 0.25) is 0 Å². The number of nitrogens with two attached hydrogens (primary N) is 1. The molecule has 29 heavy (non-hydrogen) atoms. The number of rotatable bonds is 9. The van der Waals surface area contributed by atoms with Crippen molar-refractivity contribution < 1.29 is 42.1 Å². The van der Waals surface area contributed by atoms with E-state index in [4.69, 9.17) is 36.7 Å². The van der Waals surface area contributed by atoms with Crippen molar-refractivity contribution in [2.75, 3.05) is 26.4 Å². The highest BCUT2D eigenvalue weighted by Gasteiger charge is 2.29. The number of hydrogen-bond acceptors (Lipinski definition) is 8. The first-order valence-corrected chi connectivity index (χ1v) is 8.54. The summed E-state index contributed by atoms with van der Waals surface area (Å²) in [6, 6.07) is 2.23. The van der Waals surface area contributed by atoms with Crippen molar-refractivity contribution in [3.8, 4) is 5.75 Å². The second-order valence-corrected chi connectivity index (χ2v) is 6.67. The van der Waals surface area contributed by atoms with E-state index in [0.717, 1.165) is 10.6 Å². The number of ether oxygens (including phenoxy) is 2. The van der Waals surface area contributed by atoms with E-state index in [0.29, 0.717) is 0 Å². The maximum atomic E-state index is 12.3. The first kappa shape index (κ1) is 23.0. The zero-order valence-corrected chi connectivity index (χ0v) is 15.6. The number of esters is 1. The van der Waals surface area contributed by atoms with Gasteiger partial charge < -0.3 is 29.8 Å². The maximum absolute atomic E-state index is 12.3. The summed E-state index contributed by atoms with van der Waals surface area (Å²) in [6.45, 7) is -3.41. The lowest BCUT2D eigenvalue weighted by molar-refractivity contribution is -0.153. The number of aryl methyl sites for hydroxylation is 1. The number of oxazole rings is 1. The van der Waals surface area contributed by atoms with Gasteiger partial charge in [-0.3, -0.25) is 9.36 Å². The molecule has 0 bridgehead atoms. The summed E-state index contributed by atoms with van der Waals surface area (Å²) in [7, 11) is 0. The molecule has 0 saturated heterocycles. The van der Waals surface area contributed by atoms with Crippen LogP contribution in [-0.4, -0.2) is 58.9 Å². The topological polar surface area (TPSA) is 137 Å². The van der Waals surface area contributed by atoms with Crippen molar-refractivity contribution in [1.29, 1.82) is 0 Å². The third-order valence-electron chi connectivity index (χ3n) is 3.80. The van der Waals surface area contributed by atoms with Gasteiger partial charge in [-0.25, -0.2) is 4.79 Å². The van der Waals surface area contributed by atoms with Crippen LogP contribution in [0.3, 0.4) is 0 Å². The highest BCUT2D eigenvalue weighted by molar-refractivity contribution is 6.32. The van der Waals surface area contributed by atoms with Gasteiger partial charge in [0.15, 0.2) is 12.2 Å². The first-order valence-electron chi connectivity index (χ1n) is 8.17. The molecule has 0 spiro atoms. The summed E-state index contributed by atoms with van der Waals surface area (Å²) < 4.78 is 52.3. The van der Waals surface area contributed by atoms with E-state index in [2.05, 4.69) is 4.74 Å². The molecule has 1 aromatic carbocycles. The third-order valence-corrected chi connectivity index (χ3v) is 4.10. The second-order valence-electron chi connectivity index (χ2n) is 6.26. The Morgan fingerprint density at radius 3 is 2.48 bits per heavy atom. The predicted molar refractivity (Wildman–Crippen MR) is 93.7 cm³/mol. The first-order chi connectivity index (χ1) is 13.5. The number of carbonyl (C=O) groups is 1. The number of hydrogen-bond donors (Lipinski definition) is 3. The highest BCUT2D eigenvalue weighted by atomic mass is 35.5. The molecule has 1 heterocycles. The van der Waals surface area contributed by atoms with E-state index in [9.17, 15) is 22.8 Å². The Bertz CT molecular complexity index is 922. The average molecular weight is 443 g/mol. The number of halogens is 4. The van der Waals surface area contributed by atoms with Crippen LogP contribution in [0.2, 0.25) is 5.02 Å². The Hall–Kier alpha value is -2.28. The molecule has 0 radical (unpaired) electrons. The minimum Gasteiger partial charge on any atom is -0.482 e. The standard InChI is InChI=1S/C16H18ClF3N2O7/c17-9-3-10-12(4-11(9)27-8-16(18,19)20)29-14(26)22(10)2-1-13(25)28-7-15(21,5-23)6-24/h3-4,23-24H,1-2,5-8,21H2. The van der Waals surface area contributed by atoms with Crippen molar-refractivity contribution in [3.05, 3.63) is 27.7 Å². The van der Waals surface area contributed by atoms with Gasteiger partial charge >= 0.3 is 17.9 Å². The molecule has 0 fully saturated rings. The van der Waals surface area contributed by atoms with Crippen LogP contribution in [0.15, 0.2) is 21.3 Å². The minimum atomic E-state index is -4.57. The third kappa shape index (κ3) is 6.10. The van der Waals surface area contributed by atoms with Crippen molar-refractivity contribution in [2.24, 2.45) is 5.73 Å². The van der Waals surface area contributed by atoms with Crippen LogP contribution in [0.4, 0.5) is 13.2 Å². The molecule has 13 heteroatoms. The fraction of sp³-hybridized carbons (Fsp3) is 0.500. The van der Waals surface area contributed by atoms with E-state index in [1.165, 1.54) is 6.07 Å². The lowest BCUT2D eigenvalue weighted by Crippen LogP contribution is -2.51. The number of aliphatic hydroxyl groups is 2. The van der Waals surface area contributed by atoms with Gasteiger partial charge in [0, 0.05) is 12.6 Å². The summed E-state index contributed by atoms with van der Waals surface area (Å²) in [5, 5.41) is 17.9. The van der Waals surface area contributed by atoms with Gasteiger partial charge in [-0.2, -0.15) is 13.2 Å². The molecule has 0 saturated carbocycles. The van der Waals surface area contributed by atoms with Crippen LogP contribution >= 0.6 is 11.6 Å². The van der Waals surface area contributed by atoms with E-state index in [1.54, 1.807) is 0 Å². The zero-order chi connectivity index (χ0) is 21.8. The van der Waals surface area contributed by atoms with Crippen LogP contribution in [0.5, 0.6) is 5.75 Å². The van der Waals surface area contributed by atoms with Crippen LogP contribution in [0.25, 0.3) is 11.1 Å². The molecule has 9 nitrogen and oxygen atoms in total. The quantitative estimate of drug-likeness (QED) is 0.485. The van der Waals surface area contributed by atoms with E-state index in [1.807, 2.05) is 0 Å². The number of aromatic nitrogens is 1. The minimum absolute atomic E-state index is 0.0773. The second kappa shape index (κ2) is 9.03. The van der Waals surface area contributed by atoms with E-state index < -0.39 is 49.9 Å². The number of alkyl halides is 3. The molecule has 0 aliphatic rings. The van der Waals surface area contributed by atoms with E-state index >= 15 is 0 Å². The fourth-order valence-corrected chi connectivity index (χ4v) is 2.40. The van der Waals surface area contributed by atoms with Crippen molar-refractivity contribution in [2.45, 2.75) is 24.7 Å². The normalized spacial score (nSPS) is 12.4. The van der Waals surface area contributed by atoms with E-state index in [-0.39, 0.29) is 34.8 Å². The Balaban J connectivity index is 2.10. The smallest absolute Gasteiger partial charge is 0.422 e. The molecular formula is C16H18ClF3N2O7. The van der Waals surface area contributed by atoms with Gasteiger partial charge in [-0.1, -0.05) is 11.6 Å². The molecular weight excluding hydrogens is 425 g/mol. The predicted octanol–water partition coefficient (Wildman–Crippen LogP) is 0.804. The molecule has 2 aromatic rings.